The lowest BCUT2D eigenvalue weighted by Crippen LogP contribution is -2.17. The summed E-state index contributed by atoms with van der Waals surface area (Å²) in [6.45, 7) is 14.2. The fourth-order valence-corrected chi connectivity index (χ4v) is 2.59. The van der Waals surface area contributed by atoms with Crippen molar-refractivity contribution < 1.29 is 0 Å². The van der Waals surface area contributed by atoms with Gasteiger partial charge in [0.1, 0.15) is 0 Å². The highest BCUT2D eigenvalue weighted by Gasteiger charge is 2.18. The maximum Gasteiger partial charge on any atom is -0.0368 e. The molecular weight excluding hydrogens is 168 g/mol. The van der Waals surface area contributed by atoms with Gasteiger partial charge in [0, 0.05) is 0 Å². The molecule has 0 aromatic carbocycles. The van der Waals surface area contributed by atoms with Gasteiger partial charge in [-0.05, 0) is 23.7 Å². The van der Waals surface area contributed by atoms with Crippen LogP contribution in [0.5, 0.6) is 0 Å². The average molecular weight is 198 g/mol. The Morgan fingerprint density at radius 2 is 1.43 bits per heavy atom. The molecule has 0 aromatic heterocycles. The summed E-state index contributed by atoms with van der Waals surface area (Å²) in [7, 11) is 0. The van der Waals surface area contributed by atoms with Crippen molar-refractivity contribution in [1.82, 2.24) is 0 Å². The van der Waals surface area contributed by atoms with Crippen molar-refractivity contribution in [2.24, 2.45) is 23.7 Å². The standard InChI is InChI=1S/C14H30/c1-7-14(12(4)5)13(6)10-8-9-11(2)3/h11-14H,7-10H2,1-6H3. The molecule has 0 nitrogen and oxygen atoms in total. The first-order chi connectivity index (χ1) is 6.49. The Kier molecular flexibility index (Phi) is 7.31. The van der Waals surface area contributed by atoms with E-state index in [2.05, 4.69) is 41.5 Å². The predicted molar refractivity (Wildman–Crippen MR) is 66.5 cm³/mol. The van der Waals surface area contributed by atoms with Crippen molar-refractivity contribution in [3.05, 3.63) is 0 Å². The summed E-state index contributed by atoms with van der Waals surface area (Å²) in [5.74, 6) is 3.58. The second kappa shape index (κ2) is 7.31. The van der Waals surface area contributed by atoms with E-state index in [1.54, 1.807) is 0 Å². The summed E-state index contributed by atoms with van der Waals surface area (Å²) in [6.07, 6.45) is 5.59. The minimum absolute atomic E-state index is 0.856. The molecule has 0 spiro atoms. The lowest BCUT2D eigenvalue weighted by atomic mass is 9.80. The van der Waals surface area contributed by atoms with Gasteiger partial charge in [-0.2, -0.15) is 0 Å². The quantitative estimate of drug-likeness (QED) is 0.532. The molecular formula is C14H30. The van der Waals surface area contributed by atoms with Gasteiger partial charge in [0.05, 0.1) is 0 Å². The van der Waals surface area contributed by atoms with Gasteiger partial charge in [0.15, 0.2) is 0 Å². The zero-order valence-electron chi connectivity index (χ0n) is 11.1. The molecule has 0 N–H and O–H groups in total. The molecule has 2 unspecified atom stereocenters. The highest BCUT2D eigenvalue weighted by Crippen LogP contribution is 2.28. The Hall–Kier alpha value is 0. The second-order valence-electron chi connectivity index (χ2n) is 5.62. The predicted octanol–water partition coefficient (Wildman–Crippen LogP) is 5.13. The fraction of sp³-hybridized carbons (Fsp3) is 1.00. The van der Waals surface area contributed by atoms with Crippen LogP contribution in [0.3, 0.4) is 0 Å². The lowest BCUT2D eigenvalue weighted by molar-refractivity contribution is 0.242. The van der Waals surface area contributed by atoms with Crippen molar-refractivity contribution in [2.75, 3.05) is 0 Å². The molecule has 0 fully saturated rings. The van der Waals surface area contributed by atoms with E-state index in [4.69, 9.17) is 0 Å². The van der Waals surface area contributed by atoms with Crippen LogP contribution in [0, 0.1) is 23.7 Å². The van der Waals surface area contributed by atoms with Crippen LogP contribution < -0.4 is 0 Å². The minimum Gasteiger partial charge on any atom is -0.0651 e. The second-order valence-corrected chi connectivity index (χ2v) is 5.62. The van der Waals surface area contributed by atoms with Gasteiger partial charge in [-0.25, -0.2) is 0 Å². The third-order valence-electron chi connectivity index (χ3n) is 3.50. The SMILES string of the molecule is CCC(C(C)C)C(C)CCCC(C)C. The molecule has 2 atom stereocenters. The highest BCUT2D eigenvalue weighted by atomic mass is 14.2. The van der Waals surface area contributed by atoms with Gasteiger partial charge in [0.25, 0.3) is 0 Å². The number of hydrogen-bond acceptors (Lipinski definition) is 0. The van der Waals surface area contributed by atoms with Crippen molar-refractivity contribution in [3.63, 3.8) is 0 Å². The van der Waals surface area contributed by atoms with Gasteiger partial charge >= 0.3 is 0 Å². The maximum atomic E-state index is 2.44. The summed E-state index contributed by atoms with van der Waals surface area (Å²) in [5.41, 5.74) is 0. The van der Waals surface area contributed by atoms with Gasteiger partial charge in [-0.3, -0.25) is 0 Å². The first-order valence-corrected chi connectivity index (χ1v) is 6.49. The third kappa shape index (κ3) is 5.67. The molecule has 0 amide bonds. The molecule has 0 aliphatic heterocycles. The molecule has 0 aromatic rings. The van der Waals surface area contributed by atoms with E-state index < -0.39 is 0 Å². The first kappa shape index (κ1) is 14.0. The molecule has 14 heavy (non-hydrogen) atoms. The monoisotopic (exact) mass is 198 g/mol. The zero-order chi connectivity index (χ0) is 11.1. The van der Waals surface area contributed by atoms with E-state index in [1.807, 2.05) is 0 Å². The fourth-order valence-electron chi connectivity index (χ4n) is 2.59. The van der Waals surface area contributed by atoms with Crippen LogP contribution in [0.2, 0.25) is 0 Å². The van der Waals surface area contributed by atoms with Crippen molar-refractivity contribution in [2.45, 2.75) is 67.2 Å². The van der Waals surface area contributed by atoms with E-state index in [9.17, 15) is 0 Å². The molecule has 0 heterocycles. The third-order valence-corrected chi connectivity index (χ3v) is 3.50. The van der Waals surface area contributed by atoms with E-state index in [0.717, 1.165) is 23.7 Å². The molecule has 0 heteroatoms. The summed E-state index contributed by atoms with van der Waals surface area (Å²) >= 11 is 0. The van der Waals surface area contributed by atoms with Crippen molar-refractivity contribution >= 4 is 0 Å². The topological polar surface area (TPSA) is 0 Å². The van der Waals surface area contributed by atoms with Crippen LogP contribution in [0.25, 0.3) is 0 Å². The van der Waals surface area contributed by atoms with Crippen LogP contribution in [0.15, 0.2) is 0 Å². The van der Waals surface area contributed by atoms with Crippen LogP contribution in [-0.4, -0.2) is 0 Å². The Balaban J connectivity index is 3.75. The molecule has 86 valence electrons. The summed E-state index contributed by atoms with van der Waals surface area (Å²) in [4.78, 5) is 0. The molecule has 0 radical (unpaired) electrons. The molecule has 0 saturated carbocycles. The summed E-state index contributed by atoms with van der Waals surface area (Å²) in [6, 6.07) is 0. The van der Waals surface area contributed by atoms with Crippen molar-refractivity contribution in [3.8, 4) is 0 Å². The summed E-state index contributed by atoms with van der Waals surface area (Å²) in [5, 5.41) is 0. The minimum atomic E-state index is 0.856. The van der Waals surface area contributed by atoms with Crippen LogP contribution >= 0.6 is 0 Å². The Bertz CT molecular complexity index is 124. The Labute approximate surface area is 91.5 Å². The number of rotatable bonds is 7. The zero-order valence-corrected chi connectivity index (χ0v) is 11.1. The molecule has 0 aliphatic rings. The maximum absolute atomic E-state index is 2.44. The van der Waals surface area contributed by atoms with Crippen molar-refractivity contribution in [1.29, 1.82) is 0 Å². The van der Waals surface area contributed by atoms with Gasteiger partial charge in [-0.1, -0.05) is 67.2 Å². The Morgan fingerprint density at radius 1 is 0.857 bits per heavy atom. The molecule has 0 aliphatic carbocycles. The van der Waals surface area contributed by atoms with E-state index >= 15 is 0 Å². The van der Waals surface area contributed by atoms with Gasteiger partial charge in [-0.15, -0.1) is 0 Å². The smallest absolute Gasteiger partial charge is 0.0368 e. The first-order valence-electron chi connectivity index (χ1n) is 6.49. The van der Waals surface area contributed by atoms with Gasteiger partial charge < -0.3 is 0 Å². The number of hydrogen-bond donors (Lipinski definition) is 0. The van der Waals surface area contributed by atoms with E-state index in [1.165, 1.54) is 25.7 Å². The van der Waals surface area contributed by atoms with Gasteiger partial charge in [0.2, 0.25) is 0 Å². The van der Waals surface area contributed by atoms with E-state index in [-0.39, 0.29) is 0 Å². The summed E-state index contributed by atoms with van der Waals surface area (Å²) < 4.78 is 0. The normalized spacial score (nSPS) is 16.3. The lowest BCUT2D eigenvalue weighted by Gasteiger charge is -2.26. The highest BCUT2D eigenvalue weighted by molar-refractivity contribution is 4.68. The van der Waals surface area contributed by atoms with Crippen LogP contribution in [-0.2, 0) is 0 Å². The van der Waals surface area contributed by atoms with E-state index in [0.29, 0.717) is 0 Å². The average Bonchev–Trinajstić information content (AvgIpc) is 2.03. The largest absolute Gasteiger partial charge is 0.0651 e. The molecule has 0 bridgehead atoms. The van der Waals surface area contributed by atoms with Crippen LogP contribution in [0.4, 0.5) is 0 Å². The Morgan fingerprint density at radius 3 is 1.79 bits per heavy atom. The molecule has 0 rings (SSSR count). The molecule has 0 saturated heterocycles. The van der Waals surface area contributed by atoms with Crippen LogP contribution in [0.1, 0.15) is 67.2 Å².